The predicted octanol–water partition coefficient (Wildman–Crippen LogP) is 13.0. The van der Waals surface area contributed by atoms with Crippen molar-refractivity contribution < 1.29 is 0 Å². The van der Waals surface area contributed by atoms with Crippen LogP contribution in [0.3, 0.4) is 0 Å². The molecule has 49 heavy (non-hydrogen) atoms. The first kappa shape index (κ1) is 26.0. The monoisotopic (exact) mass is 637 g/mol. The molecule has 226 valence electrons. The van der Waals surface area contributed by atoms with Crippen molar-refractivity contribution >= 4 is 59.3 Å². The van der Waals surface area contributed by atoms with Crippen LogP contribution in [-0.2, 0) is 5.41 Å². The lowest BCUT2D eigenvalue weighted by Gasteiger charge is -2.30. The number of hydrogen-bond donors (Lipinski definition) is 0. The van der Waals surface area contributed by atoms with E-state index >= 15 is 0 Å². The van der Waals surface area contributed by atoms with E-state index in [2.05, 4.69) is 169 Å². The molecule has 8 aromatic carbocycles. The van der Waals surface area contributed by atoms with Gasteiger partial charge in [0.25, 0.3) is 0 Å². The van der Waals surface area contributed by atoms with Gasteiger partial charge in [-0.25, -0.2) is 0 Å². The van der Waals surface area contributed by atoms with Gasteiger partial charge in [0, 0.05) is 37.2 Å². The molecule has 1 heterocycles. The molecule has 0 fully saturated rings. The average molecular weight is 638 g/mol. The zero-order valence-corrected chi connectivity index (χ0v) is 27.3. The fourth-order valence-electron chi connectivity index (χ4n) is 9.50. The molecule has 12 rings (SSSR count). The smallest absolute Gasteiger partial charge is 0.0738 e. The number of benzene rings is 8. The molecule has 0 N–H and O–H groups in total. The van der Waals surface area contributed by atoms with Crippen molar-refractivity contribution in [2.75, 3.05) is 4.90 Å². The zero-order chi connectivity index (χ0) is 31.8. The lowest BCUT2D eigenvalue weighted by molar-refractivity contribution is 0.818. The molecular weight excluding hydrogens is 611 g/mol. The highest BCUT2D eigenvalue weighted by molar-refractivity contribution is 7.25. The van der Waals surface area contributed by atoms with E-state index in [1.807, 2.05) is 11.3 Å². The Morgan fingerprint density at radius 1 is 0.367 bits per heavy atom. The second-order valence-electron chi connectivity index (χ2n) is 13.6. The number of anilines is 3. The summed E-state index contributed by atoms with van der Waals surface area (Å²) in [6.07, 6.45) is 0. The molecule has 0 saturated heterocycles. The first-order valence-electron chi connectivity index (χ1n) is 17.0. The summed E-state index contributed by atoms with van der Waals surface area (Å²) in [6.45, 7) is 0. The Kier molecular flexibility index (Phi) is 4.86. The van der Waals surface area contributed by atoms with E-state index in [4.69, 9.17) is 0 Å². The largest absolute Gasteiger partial charge is 0.310 e. The molecule has 1 nitrogen and oxygen atoms in total. The van der Waals surface area contributed by atoms with Crippen LogP contribution in [0.25, 0.3) is 64.3 Å². The van der Waals surface area contributed by atoms with Gasteiger partial charge in [0.15, 0.2) is 0 Å². The van der Waals surface area contributed by atoms with Gasteiger partial charge in [0.1, 0.15) is 0 Å². The third-order valence-corrected chi connectivity index (χ3v) is 12.5. The highest BCUT2D eigenvalue weighted by Gasteiger charge is 2.57. The Morgan fingerprint density at radius 3 is 1.78 bits per heavy atom. The Balaban J connectivity index is 1.15. The fraction of sp³-hybridized carbons (Fsp3) is 0.0213. The summed E-state index contributed by atoms with van der Waals surface area (Å²) < 4.78 is 2.63. The number of nitrogens with zero attached hydrogens (tertiary/aromatic N) is 1. The molecule has 0 saturated carbocycles. The van der Waals surface area contributed by atoms with Crippen LogP contribution < -0.4 is 4.90 Å². The SMILES string of the molecule is c1ccc2c(c1)-c1cccc3c1C21c2cc(N(c4ccc5ccccc5c4)c4ccc5c(c4)sc4ccccc45)ccc2-c2cccc-3c21. The van der Waals surface area contributed by atoms with Gasteiger partial charge in [-0.2, -0.15) is 0 Å². The highest BCUT2D eigenvalue weighted by atomic mass is 32.1. The van der Waals surface area contributed by atoms with Crippen molar-refractivity contribution in [3.8, 4) is 33.4 Å². The highest BCUT2D eigenvalue weighted by Crippen LogP contribution is 2.70. The maximum Gasteiger partial charge on any atom is 0.0738 e. The summed E-state index contributed by atoms with van der Waals surface area (Å²) in [5, 5.41) is 5.13. The van der Waals surface area contributed by atoms with Crippen LogP contribution in [0.15, 0.2) is 164 Å². The number of hydrogen-bond acceptors (Lipinski definition) is 2. The quantitative estimate of drug-likeness (QED) is 0.186. The van der Waals surface area contributed by atoms with Gasteiger partial charge >= 0.3 is 0 Å². The van der Waals surface area contributed by atoms with Crippen molar-refractivity contribution in [2.24, 2.45) is 0 Å². The summed E-state index contributed by atoms with van der Waals surface area (Å²) in [4.78, 5) is 2.47. The van der Waals surface area contributed by atoms with Gasteiger partial charge in [-0.05, 0) is 109 Å². The summed E-state index contributed by atoms with van der Waals surface area (Å²) in [6, 6.07) is 61.6. The standard InChI is InChI=1S/C47H27NS/c1-2-10-29-25-30(20-19-28(29)9-1)48(32-22-24-36-35-12-4-6-18-43(35)49-44(36)27-32)31-21-23-34-38-14-8-16-40-39-15-7-13-37-33-11-3-5-17-41(33)47(45(37)39,46(38)40)42(34)26-31/h1-27H. The third kappa shape index (κ3) is 3.16. The Hall–Kier alpha value is -5.96. The third-order valence-electron chi connectivity index (χ3n) is 11.4. The molecule has 0 aliphatic heterocycles. The number of rotatable bonds is 3. The predicted molar refractivity (Wildman–Crippen MR) is 207 cm³/mol. The van der Waals surface area contributed by atoms with Crippen LogP contribution >= 0.6 is 11.3 Å². The molecule has 2 heteroatoms. The van der Waals surface area contributed by atoms with Crippen LogP contribution in [0.2, 0.25) is 0 Å². The summed E-state index contributed by atoms with van der Waals surface area (Å²) in [5.74, 6) is 0. The molecule has 3 aliphatic rings. The van der Waals surface area contributed by atoms with Crippen LogP contribution in [-0.4, -0.2) is 0 Å². The molecule has 0 amide bonds. The van der Waals surface area contributed by atoms with E-state index in [-0.39, 0.29) is 5.41 Å². The summed E-state index contributed by atoms with van der Waals surface area (Å²) >= 11 is 1.88. The Morgan fingerprint density at radius 2 is 0.939 bits per heavy atom. The first-order valence-corrected chi connectivity index (χ1v) is 17.8. The Bertz CT molecular complexity index is 2870. The second kappa shape index (κ2) is 9.14. The van der Waals surface area contributed by atoms with Crippen molar-refractivity contribution in [1.29, 1.82) is 0 Å². The van der Waals surface area contributed by atoms with E-state index in [0.717, 1.165) is 5.69 Å². The van der Waals surface area contributed by atoms with Gasteiger partial charge in [0.05, 0.1) is 5.41 Å². The summed E-state index contributed by atoms with van der Waals surface area (Å²) in [7, 11) is 0. The van der Waals surface area contributed by atoms with E-state index in [0.29, 0.717) is 0 Å². The molecule has 9 aromatic rings. The van der Waals surface area contributed by atoms with E-state index in [1.54, 1.807) is 0 Å². The van der Waals surface area contributed by atoms with Gasteiger partial charge in [0.2, 0.25) is 0 Å². The minimum atomic E-state index is -0.315. The normalized spacial score (nSPS) is 15.8. The van der Waals surface area contributed by atoms with Gasteiger partial charge < -0.3 is 4.90 Å². The molecular formula is C47H27NS. The van der Waals surface area contributed by atoms with Crippen molar-refractivity contribution in [3.05, 3.63) is 186 Å². The van der Waals surface area contributed by atoms with E-state index in [9.17, 15) is 0 Å². The average Bonchev–Trinajstić information content (AvgIpc) is 3.86. The maximum atomic E-state index is 2.51. The fourth-order valence-corrected chi connectivity index (χ4v) is 10.6. The minimum Gasteiger partial charge on any atom is -0.310 e. The number of thiophene rings is 1. The maximum absolute atomic E-state index is 2.51. The lowest BCUT2D eigenvalue weighted by Crippen LogP contribution is -2.23. The van der Waals surface area contributed by atoms with E-state index in [1.165, 1.54) is 98.0 Å². The van der Waals surface area contributed by atoms with Crippen LogP contribution in [0.4, 0.5) is 17.1 Å². The molecule has 1 unspecified atom stereocenters. The first-order chi connectivity index (χ1) is 24.3. The van der Waals surface area contributed by atoms with E-state index < -0.39 is 0 Å². The zero-order valence-electron chi connectivity index (χ0n) is 26.4. The molecule has 3 aliphatic carbocycles. The second-order valence-corrected chi connectivity index (χ2v) is 14.7. The molecule has 1 atom stereocenters. The van der Waals surface area contributed by atoms with Crippen molar-refractivity contribution in [2.45, 2.75) is 5.41 Å². The number of fused-ring (bicyclic) bond motifs is 9. The minimum absolute atomic E-state index is 0.315. The van der Waals surface area contributed by atoms with Gasteiger partial charge in [-0.1, -0.05) is 121 Å². The topological polar surface area (TPSA) is 3.24 Å². The van der Waals surface area contributed by atoms with Crippen LogP contribution in [0.5, 0.6) is 0 Å². The lowest BCUT2D eigenvalue weighted by atomic mass is 9.73. The van der Waals surface area contributed by atoms with Gasteiger partial charge in [-0.3, -0.25) is 0 Å². The van der Waals surface area contributed by atoms with Crippen molar-refractivity contribution in [1.82, 2.24) is 0 Å². The van der Waals surface area contributed by atoms with Gasteiger partial charge in [-0.15, -0.1) is 11.3 Å². The molecule has 0 bridgehead atoms. The van der Waals surface area contributed by atoms with Crippen molar-refractivity contribution in [3.63, 3.8) is 0 Å². The molecule has 1 spiro atoms. The molecule has 0 radical (unpaired) electrons. The van der Waals surface area contributed by atoms with Crippen LogP contribution in [0.1, 0.15) is 22.3 Å². The molecule has 1 aromatic heterocycles. The summed E-state index contributed by atoms with van der Waals surface area (Å²) in [5.41, 5.74) is 17.1. The Labute approximate surface area is 288 Å². The van der Waals surface area contributed by atoms with Crippen LogP contribution in [0, 0.1) is 0 Å².